The molecule has 0 unspecified atom stereocenters. The molecule has 0 radical (unpaired) electrons. The van der Waals surface area contributed by atoms with E-state index in [-0.39, 0.29) is 57.4 Å². The first-order valence-electron chi connectivity index (χ1n) is 21.0. The smallest absolute Gasteiger partial charge is 0.122 e. The molecule has 6 heteroatoms. The summed E-state index contributed by atoms with van der Waals surface area (Å²) in [5.41, 5.74) is 9.30. The molecule has 0 amide bonds. The first-order chi connectivity index (χ1) is 27.4. The molecule has 318 valence electrons. The van der Waals surface area contributed by atoms with E-state index in [9.17, 15) is 30.0 Å². The van der Waals surface area contributed by atoms with Crippen molar-refractivity contribution in [2.75, 3.05) is 0 Å². The molecular weight excluding hydrogens is 745 g/mol. The standard InChI is InChI=1S/C54H66O6/c1-29-19-33(27-35-21-31(3)25-41(47(35)55)53(11,12)13)43(39(23-29)51(5,6)7)45-37(49(57)58)17-18-38(50(59)60)46(45)44-34(20-30(2)24-40(44)52(8,9)10)28-36-22-32(4)26-42(48(36)56)54(14,15)16/h17-26,55-56H,27-28H2,1-16H3,(H,57,58)(H,59,60)/p-2. The molecule has 5 aromatic carbocycles. The van der Waals surface area contributed by atoms with Crippen LogP contribution < -0.4 is 10.2 Å². The highest BCUT2D eigenvalue weighted by atomic mass is 16.4. The average molecular weight is 809 g/mol. The first kappa shape index (κ1) is 45.7. The van der Waals surface area contributed by atoms with Gasteiger partial charge < -0.3 is 30.0 Å². The third kappa shape index (κ3) is 9.18. The van der Waals surface area contributed by atoms with Gasteiger partial charge in [-0.15, -0.1) is 0 Å². The lowest BCUT2D eigenvalue weighted by Crippen LogP contribution is -2.28. The highest BCUT2D eigenvalue weighted by Gasteiger charge is 2.33. The van der Waals surface area contributed by atoms with Crippen LogP contribution in [0.15, 0.2) is 60.7 Å². The van der Waals surface area contributed by atoms with Crippen molar-refractivity contribution < 1.29 is 30.0 Å². The fourth-order valence-electron chi connectivity index (χ4n) is 8.77. The van der Waals surface area contributed by atoms with E-state index in [0.29, 0.717) is 22.3 Å². The molecule has 2 N–H and O–H groups in total. The molecule has 0 bridgehead atoms. The van der Waals surface area contributed by atoms with Crippen molar-refractivity contribution in [1.82, 2.24) is 0 Å². The zero-order chi connectivity index (χ0) is 45.2. The third-order valence-corrected chi connectivity index (χ3v) is 11.5. The Balaban J connectivity index is 2.06. The van der Waals surface area contributed by atoms with Crippen LogP contribution in [-0.4, -0.2) is 22.2 Å². The minimum Gasteiger partial charge on any atom is -0.545 e. The number of carboxylic acids is 2. The molecule has 0 saturated carbocycles. The normalized spacial score (nSPS) is 12.5. The Morgan fingerprint density at radius 1 is 0.417 bits per heavy atom. The summed E-state index contributed by atoms with van der Waals surface area (Å²) in [5, 5.41) is 51.0. The van der Waals surface area contributed by atoms with Crippen molar-refractivity contribution in [3.63, 3.8) is 0 Å². The molecule has 0 spiro atoms. The number of rotatable bonds is 8. The van der Waals surface area contributed by atoms with Gasteiger partial charge in [0.15, 0.2) is 0 Å². The second-order valence-electron chi connectivity index (χ2n) is 21.2. The Labute approximate surface area is 358 Å². The number of hydrogen-bond acceptors (Lipinski definition) is 6. The lowest BCUT2D eigenvalue weighted by molar-refractivity contribution is -0.256. The van der Waals surface area contributed by atoms with Crippen LogP contribution in [0.2, 0.25) is 0 Å². The summed E-state index contributed by atoms with van der Waals surface area (Å²) in [6.07, 6.45) is 0.468. The van der Waals surface area contributed by atoms with Crippen LogP contribution >= 0.6 is 0 Å². The number of phenols is 2. The van der Waals surface area contributed by atoms with Gasteiger partial charge in [0.1, 0.15) is 11.5 Å². The zero-order valence-electron chi connectivity index (χ0n) is 38.7. The SMILES string of the molecule is Cc1cc(Cc2cc(C)cc(C(C)(C)C)c2-c2c(C(=O)[O-])ccc(C(=O)[O-])c2-c2c(Cc3cc(C)cc(C(C)(C)C)c3O)cc(C)cc2C(C)(C)C)c(O)c(C(C)(C)C)c1. The number of carbonyl (C=O) groups is 2. The predicted octanol–water partition coefficient (Wildman–Crippen LogP) is 10.8. The summed E-state index contributed by atoms with van der Waals surface area (Å²) in [5.74, 6) is -2.56. The van der Waals surface area contributed by atoms with E-state index in [1.54, 1.807) is 0 Å². The topological polar surface area (TPSA) is 121 Å². The molecule has 5 aromatic rings. The highest BCUT2D eigenvalue weighted by Crippen LogP contribution is 2.50. The molecule has 0 fully saturated rings. The number of carboxylic acid groups (broad SMARTS) is 2. The van der Waals surface area contributed by atoms with E-state index in [0.717, 1.165) is 55.6 Å². The van der Waals surface area contributed by atoms with Crippen molar-refractivity contribution in [1.29, 1.82) is 0 Å². The van der Waals surface area contributed by atoms with Gasteiger partial charge in [-0.05, 0) is 116 Å². The van der Waals surface area contributed by atoms with Crippen LogP contribution in [0.25, 0.3) is 22.3 Å². The van der Waals surface area contributed by atoms with Gasteiger partial charge in [0.25, 0.3) is 0 Å². The number of hydrogen-bond donors (Lipinski definition) is 2. The van der Waals surface area contributed by atoms with E-state index in [2.05, 4.69) is 83.1 Å². The summed E-state index contributed by atoms with van der Waals surface area (Å²) >= 11 is 0. The van der Waals surface area contributed by atoms with Crippen LogP contribution in [0.5, 0.6) is 11.5 Å². The number of aryl methyl sites for hydroxylation is 4. The number of aromatic carboxylic acids is 2. The van der Waals surface area contributed by atoms with Crippen molar-refractivity contribution >= 4 is 11.9 Å². The Hall–Kier alpha value is -5.36. The van der Waals surface area contributed by atoms with Crippen LogP contribution in [0.1, 0.15) is 171 Å². The monoisotopic (exact) mass is 808 g/mol. The Morgan fingerprint density at radius 2 is 0.667 bits per heavy atom. The maximum absolute atomic E-state index is 13.6. The number of phenolic OH excluding ortho intramolecular Hbond substituents is 2. The summed E-state index contributed by atoms with van der Waals surface area (Å²) < 4.78 is 0. The van der Waals surface area contributed by atoms with Gasteiger partial charge in [0, 0.05) is 24.0 Å². The molecule has 0 aliphatic heterocycles. The molecule has 60 heavy (non-hydrogen) atoms. The van der Waals surface area contributed by atoms with Gasteiger partial charge in [-0.1, -0.05) is 166 Å². The lowest BCUT2D eigenvalue weighted by Gasteiger charge is -2.33. The van der Waals surface area contributed by atoms with Crippen molar-refractivity contribution in [2.45, 2.75) is 145 Å². The van der Waals surface area contributed by atoms with Crippen LogP contribution in [0.4, 0.5) is 0 Å². The molecule has 5 rings (SSSR count). The molecule has 0 aliphatic carbocycles. The van der Waals surface area contributed by atoms with E-state index < -0.39 is 22.8 Å². The molecule has 0 atom stereocenters. The largest absolute Gasteiger partial charge is 0.545 e. The Morgan fingerprint density at radius 3 is 0.917 bits per heavy atom. The summed E-state index contributed by atoms with van der Waals surface area (Å²) in [6, 6.07) is 18.7. The average Bonchev–Trinajstić information content (AvgIpc) is 3.08. The van der Waals surface area contributed by atoms with Crippen molar-refractivity contribution in [3.05, 3.63) is 139 Å². The number of carbonyl (C=O) groups excluding carboxylic acids is 2. The highest BCUT2D eigenvalue weighted by molar-refractivity contribution is 6.09. The third-order valence-electron chi connectivity index (χ3n) is 11.5. The fourth-order valence-corrected chi connectivity index (χ4v) is 8.77. The first-order valence-corrected chi connectivity index (χ1v) is 21.0. The zero-order valence-corrected chi connectivity index (χ0v) is 38.7. The second kappa shape index (κ2) is 15.9. The van der Waals surface area contributed by atoms with E-state index in [4.69, 9.17) is 0 Å². The van der Waals surface area contributed by atoms with Crippen LogP contribution in [0.3, 0.4) is 0 Å². The van der Waals surface area contributed by atoms with Crippen LogP contribution in [0, 0.1) is 27.7 Å². The summed E-state index contributed by atoms with van der Waals surface area (Å²) in [6.45, 7) is 32.6. The van der Waals surface area contributed by atoms with Gasteiger partial charge in [-0.3, -0.25) is 0 Å². The summed E-state index contributed by atoms with van der Waals surface area (Å²) in [7, 11) is 0. The number of benzene rings is 5. The van der Waals surface area contributed by atoms with Gasteiger partial charge in [0.05, 0.1) is 11.9 Å². The Kier molecular flexibility index (Phi) is 12.1. The van der Waals surface area contributed by atoms with Gasteiger partial charge in [-0.2, -0.15) is 0 Å². The Bertz CT molecular complexity index is 2350. The van der Waals surface area contributed by atoms with Gasteiger partial charge >= 0.3 is 0 Å². The van der Waals surface area contributed by atoms with E-state index >= 15 is 0 Å². The van der Waals surface area contributed by atoms with Crippen molar-refractivity contribution in [2.24, 2.45) is 0 Å². The number of aromatic hydroxyl groups is 2. The molecule has 0 aromatic heterocycles. The van der Waals surface area contributed by atoms with E-state index in [1.165, 1.54) is 12.1 Å². The van der Waals surface area contributed by atoms with Crippen LogP contribution in [-0.2, 0) is 34.5 Å². The molecule has 6 nitrogen and oxygen atoms in total. The molecule has 0 aliphatic rings. The molecule has 0 heterocycles. The summed E-state index contributed by atoms with van der Waals surface area (Å²) in [4.78, 5) is 27.2. The minimum absolute atomic E-state index is 0.158. The predicted molar refractivity (Wildman–Crippen MR) is 242 cm³/mol. The minimum atomic E-state index is -1.45. The lowest BCUT2D eigenvalue weighted by atomic mass is 9.71. The fraction of sp³-hybridized carbons (Fsp3) is 0.407. The maximum Gasteiger partial charge on any atom is 0.122 e. The second-order valence-corrected chi connectivity index (χ2v) is 21.2. The molecule has 0 saturated heterocycles. The van der Waals surface area contributed by atoms with Gasteiger partial charge in [0.2, 0.25) is 0 Å². The quantitative estimate of drug-likeness (QED) is 0.161. The van der Waals surface area contributed by atoms with Crippen molar-refractivity contribution in [3.8, 4) is 33.8 Å². The van der Waals surface area contributed by atoms with Gasteiger partial charge in [-0.25, -0.2) is 0 Å². The van der Waals surface area contributed by atoms with E-state index in [1.807, 2.05) is 76.2 Å². The maximum atomic E-state index is 13.6. The molecular formula is C54H64O6-2.